The van der Waals surface area contributed by atoms with Crippen molar-refractivity contribution in [3.05, 3.63) is 83.4 Å². The molecule has 3 aromatic carbocycles. The van der Waals surface area contributed by atoms with Gasteiger partial charge >= 0.3 is 0 Å². The molecule has 1 unspecified atom stereocenters. The van der Waals surface area contributed by atoms with Crippen LogP contribution in [-0.4, -0.2) is 7.05 Å². The zero-order valence-electron chi connectivity index (χ0n) is 11.9. The minimum Gasteiger partial charge on any atom is -0.309 e. The molecule has 3 rings (SSSR count). The van der Waals surface area contributed by atoms with Gasteiger partial charge in [-0.3, -0.25) is 0 Å². The Morgan fingerprint density at radius 2 is 1.40 bits per heavy atom. The zero-order chi connectivity index (χ0) is 13.9. The van der Waals surface area contributed by atoms with Crippen LogP contribution < -0.4 is 5.32 Å². The lowest BCUT2D eigenvalue weighted by Crippen LogP contribution is -2.17. The zero-order valence-corrected chi connectivity index (χ0v) is 11.9. The van der Waals surface area contributed by atoms with Gasteiger partial charge < -0.3 is 5.32 Å². The molecule has 0 fully saturated rings. The summed E-state index contributed by atoms with van der Waals surface area (Å²) in [7, 11) is 2.02. The number of hydrogen-bond acceptors (Lipinski definition) is 1. The lowest BCUT2D eigenvalue weighted by molar-refractivity contribution is 0.697. The highest BCUT2D eigenvalue weighted by Gasteiger charge is 2.14. The lowest BCUT2D eigenvalue weighted by atomic mass is 9.92. The van der Waals surface area contributed by atoms with Gasteiger partial charge in [0.25, 0.3) is 0 Å². The molecule has 20 heavy (non-hydrogen) atoms. The van der Waals surface area contributed by atoms with Crippen LogP contribution in [0.3, 0.4) is 0 Å². The maximum Gasteiger partial charge on any atom is 0.0580 e. The Morgan fingerprint density at radius 1 is 0.750 bits per heavy atom. The third-order valence-electron chi connectivity index (χ3n) is 3.91. The minimum atomic E-state index is 0.224. The van der Waals surface area contributed by atoms with Crippen LogP contribution in [0.2, 0.25) is 0 Å². The molecule has 0 aliphatic rings. The van der Waals surface area contributed by atoms with Gasteiger partial charge in [-0.2, -0.15) is 0 Å². The monoisotopic (exact) mass is 261 g/mol. The Labute approximate surface area is 120 Å². The Balaban J connectivity index is 2.21. The number of fused-ring (bicyclic) bond motifs is 1. The van der Waals surface area contributed by atoms with Crippen LogP contribution in [-0.2, 0) is 0 Å². The second kappa shape index (κ2) is 5.48. The smallest absolute Gasteiger partial charge is 0.0580 e. The van der Waals surface area contributed by atoms with Crippen molar-refractivity contribution in [1.29, 1.82) is 0 Å². The second-order valence-electron chi connectivity index (χ2n) is 5.15. The van der Waals surface area contributed by atoms with E-state index in [1.54, 1.807) is 0 Å². The fourth-order valence-electron chi connectivity index (χ4n) is 2.87. The molecule has 1 N–H and O–H groups in total. The molecule has 0 amide bonds. The minimum absolute atomic E-state index is 0.224. The summed E-state index contributed by atoms with van der Waals surface area (Å²) < 4.78 is 0. The van der Waals surface area contributed by atoms with Crippen LogP contribution in [0.5, 0.6) is 0 Å². The van der Waals surface area contributed by atoms with E-state index in [-0.39, 0.29) is 6.04 Å². The first-order valence-corrected chi connectivity index (χ1v) is 7.01. The maximum atomic E-state index is 3.45. The molecule has 0 bridgehead atoms. The van der Waals surface area contributed by atoms with E-state index >= 15 is 0 Å². The Bertz CT molecular complexity index is 716. The van der Waals surface area contributed by atoms with Crippen LogP contribution in [0.15, 0.2) is 66.7 Å². The van der Waals surface area contributed by atoms with Gasteiger partial charge in [-0.25, -0.2) is 0 Å². The molecule has 3 aromatic rings. The van der Waals surface area contributed by atoms with Crippen molar-refractivity contribution in [2.45, 2.75) is 13.0 Å². The summed E-state index contributed by atoms with van der Waals surface area (Å²) in [6.07, 6.45) is 0. The van der Waals surface area contributed by atoms with Crippen LogP contribution in [0.1, 0.15) is 22.7 Å². The van der Waals surface area contributed by atoms with Crippen molar-refractivity contribution in [2.24, 2.45) is 0 Å². The van der Waals surface area contributed by atoms with Gasteiger partial charge in [0.2, 0.25) is 0 Å². The SMILES string of the molecule is CNC(c1ccccc1)c1ccc(C)c2ccccc12. The molecular formula is C19H19N. The molecule has 0 aromatic heterocycles. The number of nitrogens with one attached hydrogen (secondary N) is 1. The van der Waals surface area contributed by atoms with Gasteiger partial charge in [0, 0.05) is 0 Å². The molecule has 1 heteroatoms. The van der Waals surface area contributed by atoms with E-state index in [1.165, 1.54) is 27.5 Å². The fourth-order valence-corrected chi connectivity index (χ4v) is 2.87. The van der Waals surface area contributed by atoms with Gasteiger partial charge in [0.15, 0.2) is 0 Å². The van der Waals surface area contributed by atoms with Crippen molar-refractivity contribution in [2.75, 3.05) is 7.05 Å². The highest BCUT2D eigenvalue weighted by molar-refractivity contribution is 5.89. The summed E-state index contributed by atoms with van der Waals surface area (Å²) in [4.78, 5) is 0. The number of benzene rings is 3. The Morgan fingerprint density at radius 3 is 2.10 bits per heavy atom. The van der Waals surface area contributed by atoms with Crippen LogP contribution in [0.4, 0.5) is 0 Å². The molecule has 100 valence electrons. The topological polar surface area (TPSA) is 12.0 Å². The largest absolute Gasteiger partial charge is 0.309 e. The van der Waals surface area contributed by atoms with E-state index in [1.807, 2.05) is 7.05 Å². The van der Waals surface area contributed by atoms with Gasteiger partial charge in [-0.1, -0.05) is 66.7 Å². The molecule has 0 saturated heterocycles. The molecule has 0 spiro atoms. The molecule has 1 atom stereocenters. The first kappa shape index (κ1) is 12.9. The van der Waals surface area contributed by atoms with Gasteiger partial charge in [-0.15, -0.1) is 0 Å². The summed E-state index contributed by atoms with van der Waals surface area (Å²) in [6.45, 7) is 2.17. The summed E-state index contributed by atoms with van der Waals surface area (Å²) in [5.74, 6) is 0. The normalized spacial score (nSPS) is 12.5. The molecule has 0 radical (unpaired) electrons. The number of aryl methyl sites for hydroxylation is 1. The van der Waals surface area contributed by atoms with E-state index < -0.39 is 0 Å². The fraction of sp³-hybridized carbons (Fsp3) is 0.158. The maximum absolute atomic E-state index is 3.45. The average Bonchev–Trinajstić information content (AvgIpc) is 2.52. The molecule has 0 heterocycles. The van der Waals surface area contributed by atoms with Crippen molar-refractivity contribution in [1.82, 2.24) is 5.32 Å². The summed E-state index contributed by atoms with van der Waals surface area (Å²) >= 11 is 0. The summed E-state index contributed by atoms with van der Waals surface area (Å²) in [5, 5.41) is 6.11. The second-order valence-corrected chi connectivity index (χ2v) is 5.15. The number of rotatable bonds is 3. The van der Waals surface area contributed by atoms with Crippen LogP contribution in [0, 0.1) is 6.92 Å². The predicted molar refractivity (Wildman–Crippen MR) is 86.0 cm³/mol. The van der Waals surface area contributed by atoms with E-state index in [0.717, 1.165) is 0 Å². The number of hydrogen-bond donors (Lipinski definition) is 1. The highest BCUT2D eigenvalue weighted by Crippen LogP contribution is 2.30. The Hall–Kier alpha value is -2.12. The van der Waals surface area contributed by atoms with Gasteiger partial charge in [-0.05, 0) is 41.4 Å². The molecule has 1 nitrogen and oxygen atoms in total. The first-order chi connectivity index (χ1) is 9.81. The van der Waals surface area contributed by atoms with Crippen LogP contribution in [0.25, 0.3) is 10.8 Å². The van der Waals surface area contributed by atoms with Gasteiger partial charge in [0.1, 0.15) is 0 Å². The van der Waals surface area contributed by atoms with Crippen molar-refractivity contribution in [3.63, 3.8) is 0 Å². The summed E-state index contributed by atoms with van der Waals surface area (Å²) in [6, 6.07) is 23.9. The summed E-state index contributed by atoms with van der Waals surface area (Å²) in [5.41, 5.74) is 3.95. The average molecular weight is 261 g/mol. The van der Waals surface area contributed by atoms with Crippen LogP contribution >= 0.6 is 0 Å². The molecule has 0 saturated carbocycles. The standard InChI is InChI=1S/C19H19N/c1-14-12-13-18(17-11-7-6-10-16(14)17)19(20-2)15-8-4-3-5-9-15/h3-13,19-20H,1-2H3. The first-order valence-electron chi connectivity index (χ1n) is 7.01. The van der Waals surface area contributed by atoms with Crippen molar-refractivity contribution in [3.8, 4) is 0 Å². The Kier molecular flexibility index (Phi) is 3.53. The lowest BCUT2D eigenvalue weighted by Gasteiger charge is -2.20. The van der Waals surface area contributed by atoms with E-state index in [9.17, 15) is 0 Å². The van der Waals surface area contributed by atoms with Gasteiger partial charge in [0.05, 0.1) is 6.04 Å². The third-order valence-corrected chi connectivity index (χ3v) is 3.91. The van der Waals surface area contributed by atoms with Crippen molar-refractivity contribution >= 4 is 10.8 Å². The molecule has 0 aliphatic heterocycles. The quantitative estimate of drug-likeness (QED) is 0.734. The van der Waals surface area contributed by atoms with E-state index in [2.05, 4.69) is 79.0 Å². The van der Waals surface area contributed by atoms with E-state index in [0.29, 0.717) is 0 Å². The molecular weight excluding hydrogens is 242 g/mol. The van der Waals surface area contributed by atoms with E-state index in [4.69, 9.17) is 0 Å². The third kappa shape index (κ3) is 2.21. The molecule has 0 aliphatic carbocycles. The van der Waals surface area contributed by atoms with Crippen molar-refractivity contribution < 1.29 is 0 Å². The highest BCUT2D eigenvalue weighted by atomic mass is 14.9. The predicted octanol–water partition coefficient (Wildman–Crippen LogP) is 4.46.